The number of carbonyl (C=O) groups is 1. The quantitative estimate of drug-likeness (QED) is 0.592. The van der Waals surface area contributed by atoms with Gasteiger partial charge in [-0.3, -0.25) is 4.79 Å². The summed E-state index contributed by atoms with van der Waals surface area (Å²) in [6.07, 6.45) is 5.06. The highest BCUT2D eigenvalue weighted by Gasteiger charge is 2.34. The van der Waals surface area contributed by atoms with Crippen LogP contribution in [0, 0.1) is 0 Å². The molecule has 0 spiro atoms. The number of aromatic nitrogens is 6. The maximum atomic E-state index is 13.0. The summed E-state index contributed by atoms with van der Waals surface area (Å²) in [6.45, 7) is 2.36. The fraction of sp³-hybridized carbons (Fsp3) is 0.158. The van der Waals surface area contributed by atoms with E-state index in [-0.39, 0.29) is 11.9 Å². The Hall–Kier alpha value is -3.68. The van der Waals surface area contributed by atoms with E-state index in [0.717, 1.165) is 22.3 Å². The normalized spacial score (nSPS) is 15.9. The van der Waals surface area contributed by atoms with Crippen LogP contribution in [-0.2, 0) is 6.54 Å². The molecule has 8 nitrogen and oxygen atoms in total. The van der Waals surface area contributed by atoms with Crippen LogP contribution in [-0.4, -0.2) is 40.7 Å². The molecule has 1 aliphatic heterocycles. The van der Waals surface area contributed by atoms with Crippen LogP contribution in [0.3, 0.4) is 0 Å². The zero-order chi connectivity index (χ0) is 18.4. The topological polar surface area (TPSA) is 101 Å². The maximum Gasteiger partial charge on any atom is 0.290 e. The minimum Gasteiger partial charge on any atom is -0.334 e. The van der Waals surface area contributed by atoms with Crippen LogP contribution in [0.25, 0.3) is 22.7 Å². The van der Waals surface area contributed by atoms with E-state index in [1.165, 1.54) is 0 Å². The molecule has 8 heteroatoms. The van der Waals surface area contributed by atoms with Crippen LogP contribution < -0.4 is 0 Å². The van der Waals surface area contributed by atoms with E-state index >= 15 is 0 Å². The third-order valence-electron chi connectivity index (χ3n) is 4.76. The lowest BCUT2D eigenvalue weighted by Gasteiger charge is -2.20. The third-order valence-corrected chi connectivity index (χ3v) is 4.76. The van der Waals surface area contributed by atoms with Crippen LogP contribution >= 0.6 is 0 Å². The van der Waals surface area contributed by atoms with E-state index in [9.17, 15) is 4.79 Å². The summed E-state index contributed by atoms with van der Waals surface area (Å²) < 4.78 is 0. The monoisotopic (exact) mass is 357 g/mol. The summed E-state index contributed by atoms with van der Waals surface area (Å²) in [5.74, 6) is 1.10. The summed E-state index contributed by atoms with van der Waals surface area (Å²) in [6, 6.07) is 9.19. The number of imidazole rings is 1. The van der Waals surface area contributed by atoms with Gasteiger partial charge in [0.25, 0.3) is 5.91 Å². The molecule has 132 valence electrons. The van der Waals surface area contributed by atoms with Gasteiger partial charge in [0.15, 0.2) is 17.5 Å². The number of para-hydroxylation sites is 2. The first-order valence-electron chi connectivity index (χ1n) is 8.59. The van der Waals surface area contributed by atoms with Crippen molar-refractivity contribution in [1.82, 2.24) is 34.8 Å². The SMILES string of the molecule is CC1c2cnc(-c3ncccn3)nc2CN1C(=O)c1nc2ccccc2[nH]1. The highest BCUT2D eigenvalue weighted by Crippen LogP contribution is 2.33. The van der Waals surface area contributed by atoms with Crippen molar-refractivity contribution in [3.05, 3.63) is 66.0 Å². The molecular weight excluding hydrogens is 342 g/mol. The molecule has 27 heavy (non-hydrogen) atoms. The summed E-state index contributed by atoms with van der Waals surface area (Å²) in [4.78, 5) is 39.6. The second-order valence-electron chi connectivity index (χ2n) is 6.38. The molecule has 0 aliphatic carbocycles. The van der Waals surface area contributed by atoms with Crippen molar-refractivity contribution in [2.24, 2.45) is 0 Å². The highest BCUT2D eigenvalue weighted by molar-refractivity contribution is 5.94. The van der Waals surface area contributed by atoms with Crippen molar-refractivity contribution in [1.29, 1.82) is 0 Å². The molecular formula is C19H15N7O. The number of fused-ring (bicyclic) bond motifs is 2. The summed E-state index contributed by atoms with van der Waals surface area (Å²) in [5.41, 5.74) is 3.35. The molecule has 1 unspecified atom stereocenters. The van der Waals surface area contributed by atoms with E-state index in [4.69, 9.17) is 0 Å². The first kappa shape index (κ1) is 15.6. The van der Waals surface area contributed by atoms with Crippen molar-refractivity contribution in [3.63, 3.8) is 0 Å². The van der Waals surface area contributed by atoms with Crippen molar-refractivity contribution >= 4 is 16.9 Å². The molecule has 0 saturated carbocycles. The third kappa shape index (κ3) is 2.53. The van der Waals surface area contributed by atoms with Gasteiger partial charge in [-0.25, -0.2) is 24.9 Å². The van der Waals surface area contributed by atoms with Gasteiger partial charge in [-0.1, -0.05) is 12.1 Å². The van der Waals surface area contributed by atoms with Gasteiger partial charge in [0.1, 0.15) is 0 Å². The molecule has 0 saturated heterocycles. The van der Waals surface area contributed by atoms with Crippen LogP contribution in [0.15, 0.2) is 48.9 Å². The maximum absolute atomic E-state index is 13.0. The van der Waals surface area contributed by atoms with Gasteiger partial charge in [-0.15, -0.1) is 0 Å². The van der Waals surface area contributed by atoms with E-state index in [1.807, 2.05) is 31.2 Å². The van der Waals surface area contributed by atoms with Gasteiger partial charge in [0.05, 0.1) is 29.3 Å². The van der Waals surface area contributed by atoms with Crippen molar-refractivity contribution in [3.8, 4) is 11.6 Å². The van der Waals surface area contributed by atoms with Gasteiger partial charge in [-0.2, -0.15) is 0 Å². The Labute approximate surface area is 154 Å². The Morgan fingerprint density at radius 1 is 1.07 bits per heavy atom. The molecule has 1 aromatic carbocycles. The summed E-state index contributed by atoms with van der Waals surface area (Å²) in [7, 11) is 0. The molecule has 5 rings (SSSR count). The molecule has 1 atom stereocenters. The van der Waals surface area contributed by atoms with Crippen molar-refractivity contribution in [2.75, 3.05) is 0 Å². The number of nitrogens with one attached hydrogen (secondary N) is 1. The molecule has 0 fully saturated rings. The second kappa shape index (κ2) is 5.94. The first-order valence-corrected chi connectivity index (χ1v) is 8.59. The minimum atomic E-state index is -0.158. The summed E-state index contributed by atoms with van der Waals surface area (Å²) >= 11 is 0. The lowest BCUT2D eigenvalue weighted by atomic mass is 10.1. The molecule has 0 radical (unpaired) electrons. The zero-order valence-corrected chi connectivity index (χ0v) is 14.5. The lowest BCUT2D eigenvalue weighted by molar-refractivity contribution is 0.0693. The van der Waals surface area contributed by atoms with Crippen molar-refractivity contribution < 1.29 is 4.79 Å². The summed E-state index contributed by atoms with van der Waals surface area (Å²) in [5, 5.41) is 0. The van der Waals surface area contributed by atoms with Gasteiger partial charge in [-0.05, 0) is 25.1 Å². The highest BCUT2D eigenvalue weighted by atomic mass is 16.2. The van der Waals surface area contributed by atoms with E-state index < -0.39 is 0 Å². The number of nitrogens with zero attached hydrogens (tertiary/aromatic N) is 6. The number of rotatable bonds is 2. The van der Waals surface area contributed by atoms with Crippen LogP contribution in [0.5, 0.6) is 0 Å². The first-order chi connectivity index (χ1) is 13.2. The van der Waals surface area contributed by atoms with Gasteiger partial charge >= 0.3 is 0 Å². The molecule has 1 N–H and O–H groups in total. The predicted molar refractivity (Wildman–Crippen MR) is 97.4 cm³/mol. The number of amides is 1. The number of aromatic amines is 1. The average molecular weight is 357 g/mol. The van der Waals surface area contributed by atoms with E-state index in [0.29, 0.717) is 24.0 Å². The van der Waals surface area contributed by atoms with E-state index in [2.05, 4.69) is 29.9 Å². The van der Waals surface area contributed by atoms with Gasteiger partial charge in [0, 0.05) is 24.2 Å². The number of H-pyrrole nitrogens is 1. The second-order valence-corrected chi connectivity index (χ2v) is 6.38. The molecule has 1 aliphatic rings. The Balaban J connectivity index is 1.47. The minimum absolute atomic E-state index is 0.133. The van der Waals surface area contributed by atoms with Crippen LogP contribution in [0.2, 0.25) is 0 Å². The van der Waals surface area contributed by atoms with Crippen LogP contribution in [0.1, 0.15) is 34.8 Å². The fourth-order valence-electron chi connectivity index (χ4n) is 3.33. The number of hydrogen-bond donors (Lipinski definition) is 1. The Morgan fingerprint density at radius 3 is 2.70 bits per heavy atom. The largest absolute Gasteiger partial charge is 0.334 e. The number of carbonyl (C=O) groups excluding carboxylic acids is 1. The average Bonchev–Trinajstić information content (AvgIpc) is 3.29. The molecule has 4 aromatic rings. The standard InChI is InChI=1S/C19H15N7O/c1-11-12-9-22-17(16-20-7-4-8-21-16)25-15(12)10-26(11)19(27)18-23-13-5-2-3-6-14(13)24-18/h2-9,11H,10H2,1H3,(H,23,24). The Kier molecular flexibility index (Phi) is 3.43. The van der Waals surface area contributed by atoms with E-state index in [1.54, 1.807) is 29.6 Å². The van der Waals surface area contributed by atoms with Crippen molar-refractivity contribution in [2.45, 2.75) is 19.5 Å². The molecule has 3 aromatic heterocycles. The Bertz CT molecular complexity index is 1120. The Morgan fingerprint density at radius 2 is 1.89 bits per heavy atom. The molecule has 1 amide bonds. The van der Waals surface area contributed by atoms with Crippen LogP contribution in [0.4, 0.5) is 0 Å². The lowest BCUT2D eigenvalue weighted by Crippen LogP contribution is -2.29. The predicted octanol–water partition coefficient (Wildman–Crippen LogP) is 2.53. The van der Waals surface area contributed by atoms with Gasteiger partial charge in [0.2, 0.25) is 0 Å². The molecule has 4 heterocycles. The fourth-order valence-corrected chi connectivity index (χ4v) is 3.33. The molecule has 0 bridgehead atoms. The number of hydrogen-bond acceptors (Lipinski definition) is 6. The smallest absolute Gasteiger partial charge is 0.290 e. The zero-order valence-electron chi connectivity index (χ0n) is 14.5. The number of benzene rings is 1. The van der Waals surface area contributed by atoms with Gasteiger partial charge < -0.3 is 9.88 Å².